The van der Waals surface area contributed by atoms with Crippen LogP contribution in [0.25, 0.3) is 0 Å². The summed E-state index contributed by atoms with van der Waals surface area (Å²) in [6.07, 6.45) is 2.02. The van der Waals surface area contributed by atoms with Gasteiger partial charge in [0.15, 0.2) is 0 Å². The Morgan fingerprint density at radius 3 is 2.69 bits per heavy atom. The predicted octanol–water partition coefficient (Wildman–Crippen LogP) is 1.22. The van der Waals surface area contributed by atoms with E-state index in [1.54, 1.807) is 0 Å². The van der Waals surface area contributed by atoms with Gasteiger partial charge in [-0.3, -0.25) is 0 Å². The Morgan fingerprint density at radius 1 is 1.46 bits per heavy atom. The first kappa shape index (κ1) is 10.2. The second-order valence-electron chi connectivity index (χ2n) is 2.94. The highest BCUT2D eigenvalue weighted by atomic mass is 15.3. The number of hydrogen-bond acceptors (Lipinski definition) is 4. The van der Waals surface area contributed by atoms with Crippen LogP contribution in [0.2, 0.25) is 0 Å². The van der Waals surface area contributed by atoms with Crippen LogP contribution in [0.3, 0.4) is 0 Å². The molecule has 0 atom stereocenters. The van der Waals surface area contributed by atoms with Crippen LogP contribution in [0.5, 0.6) is 0 Å². The Hall–Kier alpha value is -0.900. The third-order valence-electron chi connectivity index (χ3n) is 2.01. The van der Waals surface area contributed by atoms with Crippen LogP contribution in [0.15, 0.2) is 22.1 Å². The molecule has 0 spiro atoms. The number of nitrogens with zero attached hydrogens (tertiary/aromatic N) is 3. The molecule has 1 aliphatic heterocycles. The first-order valence-electron chi connectivity index (χ1n) is 4.88. The van der Waals surface area contributed by atoms with Crippen LogP contribution in [0, 0.1) is 0 Å². The number of allylic oxidation sites excluding steroid dienone is 1. The summed E-state index contributed by atoms with van der Waals surface area (Å²) in [5.41, 5.74) is 0. The largest absolute Gasteiger partial charge is 0.353 e. The van der Waals surface area contributed by atoms with E-state index in [0.717, 1.165) is 38.5 Å². The molecule has 1 N–H and O–H groups in total. The van der Waals surface area contributed by atoms with Crippen LogP contribution < -0.4 is 5.32 Å². The Morgan fingerprint density at radius 2 is 2.15 bits per heavy atom. The minimum atomic E-state index is 0.753. The molecule has 1 heterocycles. The minimum absolute atomic E-state index is 0.753. The first-order chi connectivity index (χ1) is 6.38. The van der Waals surface area contributed by atoms with Gasteiger partial charge in [0.05, 0.1) is 6.54 Å². The highest BCUT2D eigenvalue weighted by Gasteiger charge is 2.11. The van der Waals surface area contributed by atoms with Gasteiger partial charge in [0.2, 0.25) is 0 Å². The van der Waals surface area contributed by atoms with Gasteiger partial charge in [-0.15, -0.1) is 5.11 Å². The summed E-state index contributed by atoms with van der Waals surface area (Å²) < 4.78 is 0. The van der Waals surface area contributed by atoms with Crippen LogP contribution in [-0.4, -0.2) is 37.6 Å². The van der Waals surface area contributed by atoms with Crippen molar-refractivity contribution in [2.24, 2.45) is 10.2 Å². The van der Waals surface area contributed by atoms with Crippen molar-refractivity contribution in [2.75, 3.05) is 32.7 Å². The smallest absolute Gasteiger partial charge is 0.146 e. The fourth-order valence-electron chi connectivity index (χ4n) is 1.34. The summed E-state index contributed by atoms with van der Waals surface area (Å²) in [5, 5.41) is 11.5. The van der Waals surface area contributed by atoms with E-state index in [9.17, 15) is 0 Å². The van der Waals surface area contributed by atoms with Gasteiger partial charge < -0.3 is 10.2 Å². The van der Waals surface area contributed by atoms with Crippen molar-refractivity contribution in [1.29, 1.82) is 0 Å². The number of hydrogen-bond donors (Lipinski definition) is 1. The molecule has 0 radical (unpaired) electrons. The van der Waals surface area contributed by atoms with E-state index in [1.807, 2.05) is 19.9 Å². The minimum Gasteiger partial charge on any atom is -0.353 e. The van der Waals surface area contributed by atoms with E-state index in [-0.39, 0.29) is 0 Å². The van der Waals surface area contributed by atoms with Crippen molar-refractivity contribution in [3.05, 3.63) is 11.9 Å². The number of piperazine rings is 1. The molecule has 0 bridgehead atoms. The van der Waals surface area contributed by atoms with Crippen LogP contribution >= 0.6 is 0 Å². The maximum Gasteiger partial charge on any atom is 0.146 e. The fraction of sp³-hybridized carbons (Fsp3) is 0.778. The third-order valence-corrected chi connectivity index (χ3v) is 2.01. The molecule has 0 aliphatic carbocycles. The van der Waals surface area contributed by atoms with E-state index in [4.69, 9.17) is 0 Å². The third kappa shape index (κ3) is 3.14. The molecule has 0 aromatic rings. The van der Waals surface area contributed by atoms with Crippen LogP contribution in [0.1, 0.15) is 13.8 Å². The molecule has 4 heteroatoms. The van der Waals surface area contributed by atoms with E-state index >= 15 is 0 Å². The fourth-order valence-corrected chi connectivity index (χ4v) is 1.34. The van der Waals surface area contributed by atoms with Gasteiger partial charge >= 0.3 is 0 Å². The average Bonchev–Trinajstić information content (AvgIpc) is 2.21. The zero-order valence-electron chi connectivity index (χ0n) is 8.45. The van der Waals surface area contributed by atoms with Gasteiger partial charge in [-0.2, -0.15) is 5.11 Å². The molecule has 13 heavy (non-hydrogen) atoms. The molecular formula is C9H18N4. The van der Waals surface area contributed by atoms with E-state index in [2.05, 4.69) is 20.4 Å². The van der Waals surface area contributed by atoms with Gasteiger partial charge in [-0.05, 0) is 19.9 Å². The van der Waals surface area contributed by atoms with Gasteiger partial charge in [-0.25, -0.2) is 0 Å². The Labute approximate surface area is 79.7 Å². The summed E-state index contributed by atoms with van der Waals surface area (Å²) in [6.45, 7) is 8.90. The lowest BCUT2D eigenvalue weighted by molar-refractivity contribution is 0.293. The quantitative estimate of drug-likeness (QED) is 0.667. The van der Waals surface area contributed by atoms with Crippen molar-refractivity contribution in [3.8, 4) is 0 Å². The monoisotopic (exact) mass is 182 g/mol. The van der Waals surface area contributed by atoms with Crippen LogP contribution in [-0.2, 0) is 0 Å². The maximum atomic E-state index is 4.17. The van der Waals surface area contributed by atoms with Crippen LogP contribution in [0.4, 0.5) is 0 Å². The van der Waals surface area contributed by atoms with Crippen molar-refractivity contribution < 1.29 is 0 Å². The van der Waals surface area contributed by atoms with Gasteiger partial charge in [-0.1, -0.05) is 0 Å². The van der Waals surface area contributed by atoms with Gasteiger partial charge in [0.1, 0.15) is 5.82 Å². The van der Waals surface area contributed by atoms with Crippen molar-refractivity contribution in [3.63, 3.8) is 0 Å². The summed E-state index contributed by atoms with van der Waals surface area (Å²) in [4.78, 5) is 2.26. The summed E-state index contributed by atoms with van der Waals surface area (Å²) >= 11 is 0. The molecule has 0 aromatic carbocycles. The molecule has 4 nitrogen and oxygen atoms in total. The van der Waals surface area contributed by atoms with Crippen molar-refractivity contribution in [1.82, 2.24) is 10.2 Å². The number of rotatable bonds is 3. The lowest BCUT2D eigenvalue weighted by Gasteiger charge is -2.28. The molecular weight excluding hydrogens is 164 g/mol. The highest BCUT2D eigenvalue weighted by Crippen LogP contribution is 2.07. The molecule has 74 valence electrons. The Bertz CT molecular complexity index is 192. The molecule has 1 fully saturated rings. The highest BCUT2D eigenvalue weighted by molar-refractivity contribution is 4.97. The second-order valence-corrected chi connectivity index (χ2v) is 2.94. The second kappa shape index (κ2) is 5.70. The Kier molecular flexibility index (Phi) is 4.46. The molecule has 1 saturated heterocycles. The van der Waals surface area contributed by atoms with Crippen molar-refractivity contribution >= 4 is 0 Å². The molecule has 0 amide bonds. The lowest BCUT2D eigenvalue weighted by atomic mass is 10.3. The normalized spacial score (nSPS) is 19.8. The van der Waals surface area contributed by atoms with Gasteiger partial charge in [0.25, 0.3) is 0 Å². The van der Waals surface area contributed by atoms with E-state index in [1.165, 1.54) is 0 Å². The molecule has 1 aliphatic rings. The average molecular weight is 182 g/mol. The molecule has 0 aromatic heterocycles. The summed E-state index contributed by atoms with van der Waals surface area (Å²) in [6, 6.07) is 0. The SMILES string of the molecule is C/C=C(\N=NCC)N1CCNCC1. The molecule has 1 rings (SSSR count). The van der Waals surface area contributed by atoms with Crippen molar-refractivity contribution in [2.45, 2.75) is 13.8 Å². The maximum absolute atomic E-state index is 4.17. The first-order valence-corrected chi connectivity index (χ1v) is 4.88. The van der Waals surface area contributed by atoms with Gasteiger partial charge in [0, 0.05) is 26.2 Å². The molecule has 0 saturated carbocycles. The van der Waals surface area contributed by atoms with E-state index < -0.39 is 0 Å². The lowest BCUT2D eigenvalue weighted by Crippen LogP contribution is -2.42. The van der Waals surface area contributed by atoms with E-state index in [0.29, 0.717) is 0 Å². The number of azo groups is 1. The predicted molar refractivity (Wildman–Crippen MR) is 53.6 cm³/mol. The summed E-state index contributed by atoms with van der Waals surface area (Å²) in [7, 11) is 0. The molecule has 0 unspecified atom stereocenters. The standard InChI is InChI=1S/C9H18N4/c1-3-9(12-11-4-2)13-7-5-10-6-8-13/h3,10H,4-8H2,1-2H3/b9-3+,12-11?. The number of nitrogens with one attached hydrogen (secondary N) is 1. The zero-order chi connectivity index (χ0) is 9.52. The summed E-state index contributed by atoms with van der Waals surface area (Å²) in [5.74, 6) is 1.00. The zero-order valence-corrected chi connectivity index (χ0v) is 8.45. The topological polar surface area (TPSA) is 40.0 Å². The Balaban J connectivity index is 2.50.